The summed E-state index contributed by atoms with van der Waals surface area (Å²) in [7, 11) is 1.55. The fraction of sp³-hybridized carbons (Fsp3) is 0.318. The summed E-state index contributed by atoms with van der Waals surface area (Å²) >= 11 is 12.2. The molecule has 0 saturated carbocycles. The Morgan fingerprint density at radius 3 is 2.26 bits per heavy atom. The maximum absolute atomic E-state index is 12.9. The lowest BCUT2D eigenvalue weighted by Crippen LogP contribution is -2.52. The van der Waals surface area contributed by atoms with Crippen LogP contribution in [0.4, 0.5) is 10.5 Å². The predicted octanol–water partition coefficient (Wildman–Crippen LogP) is 4.54. The van der Waals surface area contributed by atoms with Crippen molar-refractivity contribution in [2.75, 3.05) is 38.2 Å². The van der Waals surface area contributed by atoms with Gasteiger partial charge in [0.25, 0.3) is 0 Å². The minimum absolute atomic E-state index is 0.145. The average Bonchev–Trinajstić information content (AvgIpc) is 2.77. The van der Waals surface area contributed by atoms with E-state index in [2.05, 4.69) is 20.2 Å². The second kappa shape index (κ2) is 9.16. The van der Waals surface area contributed by atoms with Gasteiger partial charge in [-0.1, -0.05) is 35.3 Å². The molecule has 3 aromatic rings. The van der Waals surface area contributed by atoms with Gasteiger partial charge in [0.1, 0.15) is 5.69 Å². The molecule has 1 atom stereocenters. The predicted molar refractivity (Wildman–Crippen MR) is 123 cm³/mol. The summed E-state index contributed by atoms with van der Waals surface area (Å²) < 4.78 is 5.42. The van der Waals surface area contributed by atoms with Crippen LogP contribution in [0.2, 0.25) is 10.0 Å². The fourth-order valence-electron chi connectivity index (χ4n) is 3.66. The van der Waals surface area contributed by atoms with Crippen LogP contribution in [0.25, 0.3) is 11.0 Å². The molecule has 1 unspecified atom stereocenters. The molecule has 2 aromatic carbocycles. The molecule has 1 aromatic heterocycles. The van der Waals surface area contributed by atoms with Gasteiger partial charge in [0, 0.05) is 41.9 Å². The van der Waals surface area contributed by atoms with Crippen LogP contribution in [0.1, 0.15) is 18.7 Å². The lowest BCUT2D eigenvalue weighted by atomic mass is 10.2. The zero-order chi connectivity index (χ0) is 22.0. The molecular formula is C22H23Cl2N5O2. The molecule has 9 heteroatoms. The number of hydrogen-bond donors (Lipinski definition) is 1. The molecule has 1 aliphatic heterocycles. The van der Waals surface area contributed by atoms with Crippen molar-refractivity contribution < 1.29 is 9.53 Å². The lowest BCUT2D eigenvalue weighted by Gasteiger charge is -2.36. The van der Waals surface area contributed by atoms with Crippen LogP contribution in [0.5, 0.6) is 5.88 Å². The number of urea groups is 1. The first-order valence-corrected chi connectivity index (χ1v) is 10.8. The zero-order valence-electron chi connectivity index (χ0n) is 17.3. The van der Waals surface area contributed by atoms with Crippen molar-refractivity contribution in [3.8, 4) is 5.88 Å². The van der Waals surface area contributed by atoms with Crippen LogP contribution in [-0.2, 0) is 0 Å². The van der Waals surface area contributed by atoms with E-state index in [-0.39, 0.29) is 12.1 Å². The molecule has 0 bridgehead atoms. The number of rotatable bonds is 4. The smallest absolute Gasteiger partial charge is 0.318 e. The number of hydrogen-bond acceptors (Lipinski definition) is 5. The highest BCUT2D eigenvalue weighted by atomic mass is 35.5. The van der Waals surface area contributed by atoms with Gasteiger partial charge in [0.05, 0.1) is 24.2 Å². The normalized spacial score (nSPS) is 15.1. The van der Waals surface area contributed by atoms with Gasteiger partial charge in [-0.15, -0.1) is 0 Å². The Balaban J connectivity index is 1.41. The number of piperazine rings is 1. The Hall–Kier alpha value is -2.77. The van der Waals surface area contributed by atoms with Crippen molar-refractivity contribution in [3.63, 3.8) is 0 Å². The van der Waals surface area contributed by atoms with Crippen LogP contribution in [0.15, 0.2) is 42.5 Å². The lowest BCUT2D eigenvalue weighted by molar-refractivity contribution is 0.190. The summed E-state index contributed by atoms with van der Waals surface area (Å²) in [6.45, 7) is 4.44. The van der Waals surface area contributed by atoms with Crippen LogP contribution >= 0.6 is 23.2 Å². The molecule has 31 heavy (non-hydrogen) atoms. The van der Waals surface area contributed by atoms with E-state index in [1.54, 1.807) is 18.1 Å². The maximum Gasteiger partial charge on any atom is 0.318 e. The third-order valence-corrected chi connectivity index (χ3v) is 5.72. The summed E-state index contributed by atoms with van der Waals surface area (Å²) in [5, 5.41) is 4.22. The van der Waals surface area contributed by atoms with E-state index in [9.17, 15) is 4.79 Å². The summed E-state index contributed by atoms with van der Waals surface area (Å²) in [6.07, 6.45) is 0. The highest BCUT2D eigenvalue weighted by molar-refractivity contribution is 6.35. The SMILES string of the molecule is COc1nc2ccccc2nc1C(C)NC(=O)N1CCN(c2cc(Cl)cc(Cl)c2)CC1. The number of halogens is 2. The Morgan fingerprint density at radius 2 is 1.65 bits per heavy atom. The Bertz CT molecular complexity index is 1080. The zero-order valence-corrected chi connectivity index (χ0v) is 18.8. The van der Waals surface area contributed by atoms with E-state index < -0.39 is 0 Å². The van der Waals surface area contributed by atoms with Crippen LogP contribution in [0.3, 0.4) is 0 Å². The topological polar surface area (TPSA) is 70.6 Å². The highest BCUT2D eigenvalue weighted by Gasteiger charge is 2.25. The molecule has 0 radical (unpaired) electrons. The standard InChI is InChI=1S/C22H23Cl2N5O2/c1-14(20-21(31-2)27-19-6-4-3-5-18(19)26-20)25-22(30)29-9-7-28(8-10-29)17-12-15(23)11-16(24)13-17/h3-6,11-14H,7-10H2,1-2H3,(H,25,30). The number of nitrogens with one attached hydrogen (secondary N) is 1. The maximum atomic E-state index is 12.9. The van der Waals surface area contributed by atoms with E-state index in [1.165, 1.54) is 0 Å². The Labute approximate surface area is 190 Å². The Kier molecular flexibility index (Phi) is 6.34. The molecule has 4 rings (SSSR count). The molecule has 1 fully saturated rings. The average molecular weight is 460 g/mol. The molecule has 2 amide bonds. The minimum Gasteiger partial charge on any atom is -0.480 e. The monoisotopic (exact) mass is 459 g/mol. The molecule has 0 aliphatic carbocycles. The van der Waals surface area contributed by atoms with Crippen molar-refractivity contribution in [1.82, 2.24) is 20.2 Å². The summed E-state index contributed by atoms with van der Waals surface area (Å²) in [6, 6.07) is 12.6. The number of benzene rings is 2. The number of amides is 2. The summed E-state index contributed by atoms with van der Waals surface area (Å²) in [5.74, 6) is 0.411. The molecule has 7 nitrogen and oxygen atoms in total. The molecule has 2 heterocycles. The molecule has 1 saturated heterocycles. The molecule has 1 aliphatic rings. The van der Waals surface area contributed by atoms with Crippen molar-refractivity contribution in [3.05, 3.63) is 58.2 Å². The van der Waals surface area contributed by atoms with Crippen molar-refractivity contribution in [1.29, 1.82) is 0 Å². The minimum atomic E-state index is -0.357. The van der Waals surface area contributed by atoms with Gasteiger partial charge in [-0.25, -0.2) is 14.8 Å². The number of methoxy groups -OCH3 is 1. The van der Waals surface area contributed by atoms with Gasteiger partial charge < -0.3 is 19.9 Å². The van der Waals surface area contributed by atoms with E-state index in [1.807, 2.05) is 43.3 Å². The number of nitrogens with zero attached hydrogens (tertiary/aromatic N) is 4. The molecule has 162 valence electrons. The summed E-state index contributed by atoms with van der Waals surface area (Å²) in [5.41, 5.74) is 3.07. The number of fused-ring (bicyclic) bond motifs is 1. The van der Waals surface area contributed by atoms with E-state index in [4.69, 9.17) is 27.9 Å². The van der Waals surface area contributed by atoms with Gasteiger partial charge in [0.2, 0.25) is 5.88 Å². The quantitative estimate of drug-likeness (QED) is 0.619. The fourth-order valence-corrected chi connectivity index (χ4v) is 4.18. The van der Waals surface area contributed by atoms with Crippen LogP contribution in [-0.4, -0.2) is 54.2 Å². The second-order valence-electron chi connectivity index (χ2n) is 7.38. The van der Waals surface area contributed by atoms with Crippen LogP contribution in [0, 0.1) is 0 Å². The number of para-hydroxylation sites is 2. The third kappa shape index (κ3) is 4.78. The van der Waals surface area contributed by atoms with Crippen molar-refractivity contribution in [2.24, 2.45) is 0 Å². The van der Waals surface area contributed by atoms with Crippen LogP contribution < -0.4 is 15.0 Å². The number of carbonyl (C=O) groups is 1. The number of anilines is 1. The van der Waals surface area contributed by atoms with Crippen molar-refractivity contribution >= 4 is 46.0 Å². The molecule has 0 spiro atoms. The number of ether oxygens (including phenoxy) is 1. The van der Waals surface area contributed by atoms with Gasteiger partial charge >= 0.3 is 6.03 Å². The van der Waals surface area contributed by atoms with Gasteiger partial charge in [-0.05, 0) is 37.3 Å². The first kappa shape index (κ1) is 21.5. The van der Waals surface area contributed by atoms with Gasteiger partial charge in [0.15, 0.2) is 0 Å². The van der Waals surface area contributed by atoms with Gasteiger partial charge in [-0.2, -0.15) is 0 Å². The number of carbonyl (C=O) groups excluding carboxylic acids is 1. The first-order valence-electron chi connectivity index (χ1n) is 10.0. The van der Waals surface area contributed by atoms with E-state index in [0.29, 0.717) is 47.8 Å². The Morgan fingerprint density at radius 1 is 1.03 bits per heavy atom. The van der Waals surface area contributed by atoms with Gasteiger partial charge in [-0.3, -0.25) is 0 Å². The van der Waals surface area contributed by atoms with Crippen molar-refractivity contribution in [2.45, 2.75) is 13.0 Å². The molecule has 1 N–H and O–H groups in total. The largest absolute Gasteiger partial charge is 0.480 e. The molecular weight excluding hydrogens is 437 g/mol. The van der Waals surface area contributed by atoms with E-state index in [0.717, 1.165) is 16.7 Å². The number of aromatic nitrogens is 2. The highest BCUT2D eigenvalue weighted by Crippen LogP contribution is 2.27. The third-order valence-electron chi connectivity index (χ3n) is 5.29. The summed E-state index contributed by atoms with van der Waals surface area (Å²) in [4.78, 5) is 26.0. The first-order chi connectivity index (χ1) is 14.9. The second-order valence-corrected chi connectivity index (χ2v) is 8.25. The van der Waals surface area contributed by atoms with E-state index >= 15 is 0 Å².